The van der Waals surface area contributed by atoms with Gasteiger partial charge < -0.3 is 10.6 Å². The molecule has 2 N–H and O–H groups in total. The van der Waals surface area contributed by atoms with Gasteiger partial charge in [-0.3, -0.25) is 4.98 Å². The van der Waals surface area contributed by atoms with E-state index >= 15 is 0 Å². The van der Waals surface area contributed by atoms with Gasteiger partial charge in [0.25, 0.3) is 0 Å². The zero-order valence-electron chi connectivity index (χ0n) is 9.95. The number of rotatable bonds is 4. The standard InChI is InChI=1S/C13H21N3/c1-14-13(12-4-2-3-7-16-12)10-11-5-8-15-9-6-11/h2-4,7,11,13-15H,5-6,8-10H2,1H3. The summed E-state index contributed by atoms with van der Waals surface area (Å²) in [7, 11) is 2.03. The Kier molecular flexibility index (Phi) is 4.31. The Hall–Kier alpha value is -0.930. The van der Waals surface area contributed by atoms with Crippen LogP contribution in [0.3, 0.4) is 0 Å². The first-order valence-electron chi connectivity index (χ1n) is 6.19. The minimum Gasteiger partial charge on any atom is -0.317 e. The molecule has 0 saturated carbocycles. The molecule has 3 heteroatoms. The van der Waals surface area contributed by atoms with Crippen molar-refractivity contribution >= 4 is 0 Å². The largest absolute Gasteiger partial charge is 0.317 e. The Labute approximate surface area is 97.7 Å². The van der Waals surface area contributed by atoms with E-state index in [1.165, 1.54) is 38.0 Å². The Morgan fingerprint density at radius 1 is 1.44 bits per heavy atom. The molecule has 1 unspecified atom stereocenters. The molecule has 88 valence electrons. The normalized spacial score (nSPS) is 19.6. The molecule has 0 radical (unpaired) electrons. The number of hydrogen-bond acceptors (Lipinski definition) is 3. The Balaban J connectivity index is 1.94. The number of nitrogens with zero attached hydrogens (tertiary/aromatic N) is 1. The third kappa shape index (κ3) is 3.03. The molecular formula is C13H21N3. The maximum absolute atomic E-state index is 4.44. The molecule has 16 heavy (non-hydrogen) atoms. The lowest BCUT2D eigenvalue weighted by Gasteiger charge is -2.26. The molecule has 2 heterocycles. The summed E-state index contributed by atoms with van der Waals surface area (Å²) in [6.07, 6.45) is 5.67. The minimum absolute atomic E-state index is 0.407. The lowest BCUT2D eigenvalue weighted by Crippen LogP contribution is -2.30. The predicted octanol–water partition coefficient (Wildman–Crippen LogP) is 1.73. The second-order valence-electron chi connectivity index (χ2n) is 4.52. The van der Waals surface area contributed by atoms with E-state index in [0.717, 1.165) is 5.92 Å². The first-order chi connectivity index (χ1) is 7.90. The van der Waals surface area contributed by atoms with Crippen LogP contribution in [0.15, 0.2) is 24.4 Å². The Morgan fingerprint density at radius 2 is 2.25 bits per heavy atom. The molecule has 1 aromatic rings. The molecule has 2 rings (SSSR count). The van der Waals surface area contributed by atoms with Crippen LogP contribution in [-0.4, -0.2) is 25.1 Å². The van der Waals surface area contributed by atoms with Crippen molar-refractivity contribution in [2.45, 2.75) is 25.3 Å². The van der Waals surface area contributed by atoms with Crippen molar-refractivity contribution in [3.8, 4) is 0 Å². The van der Waals surface area contributed by atoms with E-state index in [9.17, 15) is 0 Å². The van der Waals surface area contributed by atoms with Gasteiger partial charge >= 0.3 is 0 Å². The van der Waals surface area contributed by atoms with Gasteiger partial charge in [0, 0.05) is 12.2 Å². The summed E-state index contributed by atoms with van der Waals surface area (Å²) in [5, 5.41) is 6.79. The van der Waals surface area contributed by atoms with Crippen LogP contribution in [-0.2, 0) is 0 Å². The maximum Gasteiger partial charge on any atom is 0.0573 e. The average molecular weight is 219 g/mol. The zero-order valence-corrected chi connectivity index (χ0v) is 9.95. The third-order valence-electron chi connectivity index (χ3n) is 3.42. The molecule has 3 nitrogen and oxygen atoms in total. The first kappa shape index (κ1) is 11.6. The molecule has 1 atom stereocenters. The highest BCUT2D eigenvalue weighted by Gasteiger charge is 2.19. The summed E-state index contributed by atoms with van der Waals surface area (Å²) >= 11 is 0. The number of hydrogen-bond donors (Lipinski definition) is 2. The molecule has 1 aliphatic rings. The average Bonchev–Trinajstić information content (AvgIpc) is 2.38. The van der Waals surface area contributed by atoms with Gasteiger partial charge in [0.05, 0.1) is 5.69 Å². The first-order valence-corrected chi connectivity index (χ1v) is 6.19. The summed E-state index contributed by atoms with van der Waals surface area (Å²) < 4.78 is 0. The fraction of sp³-hybridized carbons (Fsp3) is 0.615. The number of pyridine rings is 1. The van der Waals surface area contributed by atoms with Crippen LogP contribution in [0.5, 0.6) is 0 Å². The SMILES string of the molecule is CNC(CC1CCNCC1)c1ccccn1. The highest BCUT2D eigenvalue weighted by atomic mass is 14.9. The van der Waals surface area contributed by atoms with Crippen LogP contribution in [0.4, 0.5) is 0 Å². The van der Waals surface area contributed by atoms with Gasteiger partial charge in [0.1, 0.15) is 0 Å². The van der Waals surface area contributed by atoms with Crippen molar-refractivity contribution in [2.24, 2.45) is 5.92 Å². The lowest BCUT2D eigenvalue weighted by molar-refractivity contribution is 0.316. The van der Waals surface area contributed by atoms with Gasteiger partial charge in [-0.1, -0.05) is 6.07 Å². The minimum atomic E-state index is 0.407. The van der Waals surface area contributed by atoms with Crippen molar-refractivity contribution in [3.63, 3.8) is 0 Å². The van der Waals surface area contributed by atoms with E-state index in [1.807, 2.05) is 19.3 Å². The molecule has 1 fully saturated rings. The topological polar surface area (TPSA) is 37.0 Å². The number of piperidine rings is 1. The number of aromatic nitrogens is 1. The Morgan fingerprint density at radius 3 is 2.88 bits per heavy atom. The van der Waals surface area contributed by atoms with Gasteiger partial charge in [-0.05, 0) is 57.5 Å². The van der Waals surface area contributed by atoms with E-state index in [-0.39, 0.29) is 0 Å². The second kappa shape index (κ2) is 5.97. The van der Waals surface area contributed by atoms with Gasteiger partial charge in [0.15, 0.2) is 0 Å². The smallest absolute Gasteiger partial charge is 0.0573 e. The monoisotopic (exact) mass is 219 g/mol. The fourth-order valence-electron chi connectivity index (χ4n) is 2.42. The van der Waals surface area contributed by atoms with Crippen molar-refractivity contribution < 1.29 is 0 Å². The molecular weight excluding hydrogens is 198 g/mol. The lowest BCUT2D eigenvalue weighted by atomic mass is 9.90. The van der Waals surface area contributed by atoms with Crippen LogP contribution < -0.4 is 10.6 Å². The fourth-order valence-corrected chi connectivity index (χ4v) is 2.42. The van der Waals surface area contributed by atoms with Gasteiger partial charge in [-0.2, -0.15) is 0 Å². The third-order valence-corrected chi connectivity index (χ3v) is 3.42. The summed E-state index contributed by atoms with van der Waals surface area (Å²) in [6, 6.07) is 6.56. The van der Waals surface area contributed by atoms with Crippen molar-refractivity contribution in [1.29, 1.82) is 0 Å². The molecule has 0 bridgehead atoms. The highest BCUT2D eigenvalue weighted by Crippen LogP contribution is 2.24. The van der Waals surface area contributed by atoms with Gasteiger partial charge in [-0.25, -0.2) is 0 Å². The van der Waals surface area contributed by atoms with E-state index in [2.05, 4.69) is 27.8 Å². The molecule has 1 aromatic heterocycles. The van der Waals surface area contributed by atoms with Crippen molar-refractivity contribution in [1.82, 2.24) is 15.6 Å². The van der Waals surface area contributed by atoms with Crippen LogP contribution in [0, 0.1) is 5.92 Å². The van der Waals surface area contributed by atoms with Gasteiger partial charge in [0.2, 0.25) is 0 Å². The Bertz CT molecular complexity index is 293. The predicted molar refractivity (Wildman–Crippen MR) is 66.2 cm³/mol. The highest BCUT2D eigenvalue weighted by molar-refractivity contribution is 5.08. The zero-order chi connectivity index (χ0) is 11.2. The van der Waals surface area contributed by atoms with Crippen LogP contribution >= 0.6 is 0 Å². The summed E-state index contributed by atoms with van der Waals surface area (Å²) in [6.45, 7) is 2.34. The molecule has 0 aromatic carbocycles. The van der Waals surface area contributed by atoms with Crippen LogP contribution in [0.25, 0.3) is 0 Å². The summed E-state index contributed by atoms with van der Waals surface area (Å²) in [4.78, 5) is 4.44. The van der Waals surface area contributed by atoms with E-state index < -0.39 is 0 Å². The molecule has 1 saturated heterocycles. The molecule has 0 aliphatic carbocycles. The van der Waals surface area contributed by atoms with Gasteiger partial charge in [-0.15, -0.1) is 0 Å². The van der Waals surface area contributed by atoms with E-state index in [0.29, 0.717) is 6.04 Å². The maximum atomic E-state index is 4.44. The van der Waals surface area contributed by atoms with Crippen LogP contribution in [0.1, 0.15) is 31.0 Å². The van der Waals surface area contributed by atoms with Crippen molar-refractivity contribution in [3.05, 3.63) is 30.1 Å². The number of nitrogens with one attached hydrogen (secondary N) is 2. The quantitative estimate of drug-likeness (QED) is 0.810. The molecule has 0 amide bonds. The second-order valence-corrected chi connectivity index (χ2v) is 4.52. The molecule has 1 aliphatic heterocycles. The van der Waals surface area contributed by atoms with E-state index in [4.69, 9.17) is 0 Å². The summed E-state index contributed by atoms with van der Waals surface area (Å²) in [5.74, 6) is 0.834. The summed E-state index contributed by atoms with van der Waals surface area (Å²) in [5.41, 5.74) is 1.17. The van der Waals surface area contributed by atoms with E-state index in [1.54, 1.807) is 0 Å². The van der Waals surface area contributed by atoms with Crippen molar-refractivity contribution in [2.75, 3.05) is 20.1 Å². The molecule has 0 spiro atoms. The van der Waals surface area contributed by atoms with Crippen LogP contribution in [0.2, 0.25) is 0 Å².